The van der Waals surface area contributed by atoms with Crippen LogP contribution >= 0.6 is 0 Å². The van der Waals surface area contributed by atoms with Gasteiger partial charge in [-0.2, -0.15) is 8.42 Å². The molecule has 2 aromatic carbocycles. The lowest BCUT2D eigenvalue weighted by Crippen LogP contribution is -2.07. The highest BCUT2D eigenvalue weighted by atomic mass is 32.2. The number of rotatable bonds is 3. The van der Waals surface area contributed by atoms with Crippen LogP contribution in [0.1, 0.15) is 21.5 Å². The van der Waals surface area contributed by atoms with Crippen molar-refractivity contribution in [1.82, 2.24) is 0 Å². The minimum Gasteiger partial charge on any atom is -0.398 e. The summed E-state index contributed by atoms with van der Waals surface area (Å²) in [4.78, 5) is 11.8. The molecular weight excluding hydrogens is 278 g/mol. The van der Waals surface area contributed by atoms with E-state index in [-0.39, 0.29) is 17.0 Å². The lowest BCUT2D eigenvalue weighted by atomic mass is 10.0. The van der Waals surface area contributed by atoms with Gasteiger partial charge >= 0.3 is 0 Å². The average molecular weight is 291 g/mol. The number of carbonyl (C=O) groups excluding carboxylic acids is 1. The quantitative estimate of drug-likeness (QED) is 0.512. The van der Waals surface area contributed by atoms with Gasteiger partial charge in [-0.1, -0.05) is 29.8 Å². The van der Waals surface area contributed by atoms with Crippen molar-refractivity contribution in [2.45, 2.75) is 11.8 Å². The molecule has 0 saturated carbocycles. The fourth-order valence-corrected chi connectivity index (χ4v) is 2.41. The molecule has 0 unspecified atom stereocenters. The van der Waals surface area contributed by atoms with Crippen LogP contribution in [0.15, 0.2) is 47.4 Å². The highest BCUT2D eigenvalue weighted by molar-refractivity contribution is 7.86. The topological polar surface area (TPSA) is 97.5 Å². The number of ketones is 1. The van der Waals surface area contributed by atoms with Crippen LogP contribution in [0, 0.1) is 6.92 Å². The van der Waals surface area contributed by atoms with Gasteiger partial charge in [-0.3, -0.25) is 9.35 Å². The lowest BCUT2D eigenvalue weighted by molar-refractivity contribution is 0.103. The smallest absolute Gasteiger partial charge is 0.296 e. The van der Waals surface area contributed by atoms with Gasteiger partial charge in [0.25, 0.3) is 10.1 Å². The highest BCUT2D eigenvalue weighted by Gasteiger charge is 2.17. The zero-order valence-electron chi connectivity index (χ0n) is 10.7. The summed E-state index contributed by atoms with van der Waals surface area (Å²) in [5.74, 6) is -0.338. The summed E-state index contributed by atoms with van der Waals surface area (Å²) in [5, 5.41) is 0. The molecule has 2 aromatic rings. The zero-order valence-corrected chi connectivity index (χ0v) is 11.5. The Balaban J connectivity index is 2.49. The molecule has 0 amide bonds. The Kier molecular flexibility index (Phi) is 3.61. The van der Waals surface area contributed by atoms with E-state index in [2.05, 4.69) is 0 Å². The predicted molar refractivity (Wildman–Crippen MR) is 75.3 cm³/mol. The van der Waals surface area contributed by atoms with Crippen LogP contribution in [0.3, 0.4) is 0 Å². The molecule has 0 saturated heterocycles. The first-order chi connectivity index (χ1) is 9.29. The Morgan fingerprint density at radius 1 is 1.05 bits per heavy atom. The molecule has 6 heteroatoms. The van der Waals surface area contributed by atoms with Crippen LogP contribution in [-0.2, 0) is 10.1 Å². The molecule has 0 fully saturated rings. The van der Waals surface area contributed by atoms with Gasteiger partial charge in [0, 0.05) is 11.1 Å². The van der Waals surface area contributed by atoms with Crippen molar-refractivity contribution in [1.29, 1.82) is 0 Å². The molecule has 0 bridgehead atoms. The van der Waals surface area contributed by atoms with E-state index < -0.39 is 15.0 Å². The molecule has 0 radical (unpaired) electrons. The van der Waals surface area contributed by atoms with E-state index in [9.17, 15) is 13.2 Å². The maximum Gasteiger partial charge on any atom is 0.296 e. The van der Waals surface area contributed by atoms with Crippen LogP contribution in [0.5, 0.6) is 0 Å². The lowest BCUT2D eigenvalue weighted by Gasteiger charge is -2.06. The first-order valence-corrected chi connectivity index (χ1v) is 7.21. The molecule has 0 spiro atoms. The average Bonchev–Trinajstić information content (AvgIpc) is 2.38. The second kappa shape index (κ2) is 5.07. The molecule has 0 aliphatic rings. The summed E-state index contributed by atoms with van der Waals surface area (Å²) in [5.41, 5.74) is 6.97. The number of carbonyl (C=O) groups is 1. The Hall–Kier alpha value is -2.18. The van der Waals surface area contributed by atoms with Gasteiger partial charge in [0.2, 0.25) is 0 Å². The minimum absolute atomic E-state index is 0.104. The van der Waals surface area contributed by atoms with Crippen molar-refractivity contribution in [3.63, 3.8) is 0 Å². The Bertz CT molecular complexity index is 764. The predicted octanol–water partition coefficient (Wildman–Crippen LogP) is 2.05. The summed E-state index contributed by atoms with van der Waals surface area (Å²) in [6.45, 7) is 1.90. The molecule has 0 atom stereocenters. The number of nitrogen functional groups attached to an aromatic ring is 1. The second-order valence-corrected chi connectivity index (χ2v) is 5.81. The van der Waals surface area contributed by atoms with Gasteiger partial charge in [-0.25, -0.2) is 0 Å². The molecule has 104 valence electrons. The third-order valence-corrected chi connectivity index (χ3v) is 3.78. The van der Waals surface area contributed by atoms with Crippen LogP contribution in [0.25, 0.3) is 0 Å². The Morgan fingerprint density at radius 3 is 2.15 bits per heavy atom. The van der Waals surface area contributed by atoms with Crippen LogP contribution in [0.4, 0.5) is 5.69 Å². The van der Waals surface area contributed by atoms with E-state index in [4.69, 9.17) is 10.3 Å². The number of benzene rings is 2. The fourth-order valence-electron chi connectivity index (χ4n) is 1.77. The number of nitrogens with two attached hydrogens (primary N) is 1. The van der Waals surface area contributed by atoms with E-state index in [1.54, 1.807) is 24.3 Å². The zero-order chi connectivity index (χ0) is 14.9. The minimum atomic E-state index is -4.46. The Labute approximate surface area is 116 Å². The summed E-state index contributed by atoms with van der Waals surface area (Å²) >= 11 is 0. The van der Waals surface area contributed by atoms with Gasteiger partial charge in [-0.15, -0.1) is 0 Å². The van der Waals surface area contributed by atoms with E-state index in [1.165, 1.54) is 12.1 Å². The second-order valence-electron chi connectivity index (χ2n) is 4.42. The summed E-state index contributed by atoms with van der Waals surface area (Å²) in [6, 6.07) is 10.7. The molecule has 3 N–H and O–H groups in total. The van der Waals surface area contributed by atoms with Crippen molar-refractivity contribution < 1.29 is 17.8 Å². The molecule has 0 aliphatic heterocycles. The molecule has 0 heterocycles. The summed E-state index contributed by atoms with van der Waals surface area (Å²) in [6.07, 6.45) is 0. The standard InChI is InChI=1S/C14H13NO4S/c1-9-2-4-10(5-3-9)14(16)11-6-7-12(15)13(8-11)20(17,18)19/h2-8H,15H2,1H3,(H,17,18,19). The first kappa shape index (κ1) is 14.2. The first-order valence-electron chi connectivity index (χ1n) is 5.77. The molecule has 20 heavy (non-hydrogen) atoms. The molecule has 0 aromatic heterocycles. The highest BCUT2D eigenvalue weighted by Crippen LogP contribution is 2.21. The maximum absolute atomic E-state index is 12.2. The van der Waals surface area contributed by atoms with Crippen molar-refractivity contribution in [2.75, 3.05) is 5.73 Å². The van der Waals surface area contributed by atoms with Crippen molar-refractivity contribution in [3.05, 3.63) is 59.2 Å². The van der Waals surface area contributed by atoms with Crippen molar-refractivity contribution in [3.8, 4) is 0 Å². The van der Waals surface area contributed by atoms with Gasteiger partial charge in [-0.05, 0) is 25.1 Å². The number of hydrogen-bond donors (Lipinski definition) is 2. The van der Waals surface area contributed by atoms with E-state index in [0.29, 0.717) is 5.56 Å². The van der Waals surface area contributed by atoms with Crippen LogP contribution in [0.2, 0.25) is 0 Å². The maximum atomic E-state index is 12.2. The summed E-state index contributed by atoms with van der Waals surface area (Å²) < 4.78 is 31.4. The van der Waals surface area contributed by atoms with Crippen LogP contribution in [-0.4, -0.2) is 18.8 Å². The molecule has 5 nitrogen and oxygen atoms in total. The Morgan fingerprint density at radius 2 is 1.60 bits per heavy atom. The largest absolute Gasteiger partial charge is 0.398 e. The van der Waals surface area contributed by atoms with Gasteiger partial charge in [0.1, 0.15) is 4.90 Å². The van der Waals surface area contributed by atoms with Gasteiger partial charge in [0.15, 0.2) is 5.78 Å². The monoisotopic (exact) mass is 291 g/mol. The number of aryl methyl sites for hydroxylation is 1. The van der Waals surface area contributed by atoms with Gasteiger partial charge < -0.3 is 5.73 Å². The van der Waals surface area contributed by atoms with Gasteiger partial charge in [0.05, 0.1) is 5.69 Å². The van der Waals surface area contributed by atoms with E-state index in [1.807, 2.05) is 6.92 Å². The molecule has 2 rings (SSSR count). The molecular formula is C14H13NO4S. The molecule has 0 aliphatic carbocycles. The fraction of sp³-hybridized carbons (Fsp3) is 0.0714. The SMILES string of the molecule is Cc1ccc(C(=O)c2ccc(N)c(S(=O)(=O)O)c2)cc1. The number of anilines is 1. The third-order valence-electron chi connectivity index (χ3n) is 2.87. The van der Waals surface area contributed by atoms with Crippen molar-refractivity contribution in [2.24, 2.45) is 0 Å². The normalized spacial score (nSPS) is 11.3. The summed E-state index contributed by atoms with van der Waals surface area (Å²) in [7, 11) is -4.46. The van der Waals surface area contributed by atoms with Crippen LogP contribution < -0.4 is 5.73 Å². The van der Waals surface area contributed by atoms with E-state index in [0.717, 1.165) is 11.6 Å². The number of hydrogen-bond acceptors (Lipinski definition) is 4. The third kappa shape index (κ3) is 2.87. The van der Waals surface area contributed by atoms with Crippen molar-refractivity contribution >= 4 is 21.6 Å². The van der Waals surface area contributed by atoms with E-state index >= 15 is 0 Å².